The fourth-order valence-corrected chi connectivity index (χ4v) is 1.97. The summed E-state index contributed by atoms with van der Waals surface area (Å²) in [6, 6.07) is 0. The summed E-state index contributed by atoms with van der Waals surface area (Å²) in [5, 5.41) is 2.96. The van der Waals surface area contributed by atoms with Gasteiger partial charge in [-0.2, -0.15) is 0 Å². The first kappa shape index (κ1) is 9.93. The van der Waals surface area contributed by atoms with Gasteiger partial charge in [-0.3, -0.25) is 4.79 Å². The van der Waals surface area contributed by atoms with Crippen LogP contribution in [0.15, 0.2) is 0 Å². The van der Waals surface area contributed by atoms with E-state index in [1.807, 2.05) is 0 Å². The third-order valence-corrected chi connectivity index (χ3v) is 3.28. The van der Waals surface area contributed by atoms with Gasteiger partial charge in [0.25, 0.3) is 0 Å². The van der Waals surface area contributed by atoms with Crippen LogP contribution in [0.4, 0.5) is 0 Å². The second kappa shape index (κ2) is 3.51. The molecule has 0 aromatic rings. The first-order valence-electron chi connectivity index (χ1n) is 5.36. The Hall–Kier alpha value is -0.610. The minimum atomic E-state index is -0.509. The number of carbonyl (C=O) groups excluding carboxylic acids is 1. The first-order chi connectivity index (χ1) is 6.60. The van der Waals surface area contributed by atoms with E-state index in [9.17, 15) is 4.79 Å². The van der Waals surface area contributed by atoms with Crippen molar-refractivity contribution in [3.63, 3.8) is 0 Å². The number of carbonyl (C=O) groups is 1. The number of hydrogen-bond donors (Lipinski definition) is 2. The van der Waals surface area contributed by atoms with Crippen LogP contribution in [0.3, 0.4) is 0 Å². The summed E-state index contributed by atoms with van der Waals surface area (Å²) in [6.07, 6.45) is 2.89. The molecule has 1 atom stereocenters. The zero-order valence-electron chi connectivity index (χ0n) is 8.75. The van der Waals surface area contributed by atoms with Crippen molar-refractivity contribution >= 4 is 5.91 Å². The van der Waals surface area contributed by atoms with Crippen molar-refractivity contribution < 1.29 is 4.79 Å². The summed E-state index contributed by atoms with van der Waals surface area (Å²) < 4.78 is 0. The van der Waals surface area contributed by atoms with Gasteiger partial charge in [-0.05, 0) is 38.8 Å². The largest absolute Gasteiger partial charge is 0.354 e. The quantitative estimate of drug-likeness (QED) is 0.644. The Morgan fingerprint density at radius 1 is 1.64 bits per heavy atom. The van der Waals surface area contributed by atoms with E-state index >= 15 is 0 Å². The molecule has 1 saturated heterocycles. The Bertz CT molecular complexity index is 238. The molecule has 1 saturated carbocycles. The molecular formula is C10H19N3O. The van der Waals surface area contributed by atoms with E-state index in [0.717, 1.165) is 32.5 Å². The van der Waals surface area contributed by atoms with Crippen LogP contribution in [-0.4, -0.2) is 43.0 Å². The Morgan fingerprint density at radius 3 is 2.86 bits per heavy atom. The fraction of sp³-hybridized carbons (Fsp3) is 0.900. The highest BCUT2D eigenvalue weighted by atomic mass is 16.2. The van der Waals surface area contributed by atoms with Crippen molar-refractivity contribution in [2.75, 3.05) is 26.7 Å². The standard InChI is InChI=1S/C10H19N3O/c1-13-5-2-8(7-13)6-12-9(14)10(11)3-4-10/h8H,2-7,11H2,1H3,(H,12,14). The predicted molar refractivity (Wildman–Crippen MR) is 54.8 cm³/mol. The highest BCUT2D eigenvalue weighted by molar-refractivity contribution is 5.88. The molecule has 4 heteroatoms. The lowest BCUT2D eigenvalue weighted by Gasteiger charge is -2.14. The molecule has 1 aliphatic heterocycles. The molecule has 4 nitrogen and oxygen atoms in total. The smallest absolute Gasteiger partial charge is 0.240 e. The van der Waals surface area contributed by atoms with E-state index in [4.69, 9.17) is 5.73 Å². The van der Waals surface area contributed by atoms with E-state index in [-0.39, 0.29) is 5.91 Å². The number of hydrogen-bond acceptors (Lipinski definition) is 3. The average Bonchev–Trinajstić information content (AvgIpc) is 2.76. The molecule has 0 radical (unpaired) electrons. The average molecular weight is 197 g/mol. The van der Waals surface area contributed by atoms with Gasteiger partial charge in [-0.15, -0.1) is 0 Å². The molecule has 0 aromatic carbocycles. The molecule has 2 fully saturated rings. The number of nitrogens with two attached hydrogens (primary N) is 1. The number of likely N-dealkylation sites (tertiary alicyclic amines) is 1. The summed E-state index contributed by atoms with van der Waals surface area (Å²) in [4.78, 5) is 13.8. The Morgan fingerprint density at radius 2 is 2.36 bits per heavy atom. The van der Waals surface area contributed by atoms with Crippen LogP contribution in [0, 0.1) is 5.92 Å². The molecule has 0 aromatic heterocycles. The molecule has 0 bridgehead atoms. The third-order valence-electron chi connectivity index (χ3n) is 3.28. The van der Waals surface area contributed by atoms with E-state index < -0.39 is 5.54 Å². The number of rotatable bonds is 3. The fourth-order valence-electron chi connectivity index (χ4n) is 1.97. The van der Waals surface area contributed by atoms with Crippen molar-refractivity contribution in [1.29, 1.82) is 0 Å². The highest BCUT2D eigenvalue weighted by Crippen LogP contribution is 2.32. The van der Waals surface area contributed by atoms with Crippen LogP contribution < -0.4 is 11.1 Å². The van der Waals surface area contributed by atoms with Crippen molar-refractivity contribution in [2.45, 2.75) is 24.8 Å². The van der Waals surface area contributed by atoms with Gasteiger partial charge in [-0.1, -0.05) is 0 Å². The zero-order chi connectivity index (χ0) is 10.2. The molecule has 3 N–H and O–H groups in total. The van der Waals surface area contributed by atoms with Crippen LogP contribution in [-0.2, 0) is 4.79 Å². The van der Waals surface area contributed by atoms with Crippen LogP contribution in [0.25, 0.3) is 0 Å². The third kappa shape index (κ3) is 2.07. The molecule has 1 amide bonds. The number of amides is 1. The summed E-state index contributed by atoms with van der Waals surface area (Å²) >= 11 is 0. The molecule has 0 spiro atoms. The van der Waals surface area contributed by atoms with Crippen molar-refractivity contribution in [2.24, 2.45) is 11.7 Å². The van der Waals surface area contributed by atoms with Crippen LogP contribution >= 0.6 is 0 Å². The maximum Gasteiger partial charge on any atom is 0.240 e. The van der Waals surface area contributed by atoms with Crippen LogP contribution in [0.5, 0.6) is 0 Å². The molecule has 1 unspecified atom stereocenters. The van der Waals surface area contributed by atoms with Crippen molar-refractivity contribution in [1.82, 2.24) is 10.2 Å². The predicted octanol–water partition coefficient (Wildman–Crippen LogP) is -0.454. The lowest BCUT2D eigenvalue weighted by molar-refractivity contribution is -0.123. The minimum absolute atomic E-state index is 0.0482. The summed E-state index contributed by atoms with van der Waals surface area (Å²) in [7, 11) is 2.12. The zero-order valence-corrected chi connectivity index (χ0v) is 8.75. The molecule has 1 aliphatic carbocycles. The van der Waals surface area contributed by atoms with Gasteiger partial charge in [0.2, 0.25) is 5.91 Å². The van der Waals surface area contributed by atoms with Crippen LogP contribution in [0.1, 0.15) is 19.3 Å². The normalized spacial score (nSPS) is 30.3. The maximum absolute atomic E-state index is 11.5. The Balaban J connectivity index is 1.70. The van der Waals surface area contributed by atoms with Gasteiger partial charge in [0.05, 0.1) is 5.54 Å². The van der Waals surface area contributed by atoms with E-state index in [1.165, 1.54) is 6.42 Å². The van der Waals surface area contributed by atoms with E-state index in [1.54, 1.807) is 0 Å². The van der Waals surface area contributed by atoms with Crippen LogP contribution in [0.2, 0.25) is 0 Å². The van der Waals surface area contributed by atoms with Gasteiger partial charge in [0, 0.05) is 13.1 Å². The minimum Gasteiger partial charge on any atom is -0.354 e. The SMILES string of the molecule is CN1CCC(CNC(=O)C2(N)CC2)C1. The number of nitrogens with zero attached hydrogens (tertiary/aromatic N) is 1. The summed E-state index contributed by atoms with van der Waals surface area (Å²) in [5.74, 6) is 0.665. The summed E-state index contributed by atoms with van der Waals surface area (Å²) in [6.45, 7) is 3.04. The first-order valence-corrected chi connectivity index (χ1v) is 5.36. The second-order valence-corrected chi connectivity index (χ2v) is 4.78. The monoisotopic (exact) mass is 197 g/mol. The van der Waals surface area contributed by atoms with Crippen molar-refractivity contribution in [3.8, 4) is 0 Å². The van der Waals surface area contributed by atoms with Gasteiger partial charge in [-0.25, -0.2) is 0 Å². The topological polar surface area (TPSA) is 58.4 Å². The Labute approximate surface area is 84.8 Å². The molecule has 2 rings (SSSR count). The van der Waals surface area contributed by atoms with Crippen molar-refractivity contribution in [3.05, 3.63) is 0 Å². The second-order valence-electron chi connectivity index (χ2n) is 4.78. The maximum atomic E-state index is 11.5. The lowest BCUT2D eigenvalue weighted by Crippen LogP contribution is -2.44. The lowest BCUT2D eigenvalue weighted by atomic mass is 10.1. The molecule has 1 heterocycles. The molecule has 80 valence electrons. The Kier molecular flexibility index (Phi) is 2.49. The van der Waals surface area contributed by atoms with Gasteiger partial charge < -0.3 is 16.0 Å². The van der Waals surface area contributed by atoms with Gasteiger partial charge >= 0.3 is 0 Å². The number of nitrogens with one attached hydrogen (secondary N) is 1. The molecule has 14 heavy (non-hydrogen) atoms. The molecule has 2 aliphatic rings. The van der Waals surface area contributed by atoms with E-state index in [2.05, 4.69) is 17.3 Å². The van der Waals surface area contributed by atoms with Gasteiger partial charge in [0.1, 0.15) is 0 Å². The van der Waals surface area contributed by atoms with Gasteiger partial charge in [0.15, 0.2) is 0 Å². The molecular weight excluding hydrogens is 178 g/mol. The summed E-state index contributed by atoms with van der Waals surface area (Å²) in [5.41, 5.74) is 5.27. The van der Waals surface area contributed by atoms with E-state index in [0.29, 0.717) is 5.92 Å². The highest BCUT2D eigenvalue weighted by Gasteiger charge is 2.45.